The third-order valence-corrected chi connectivity index (χ3v) is 5.15. The van der Waals surface area contributed by atoms with Gasteiger partial charge in [-0.25, -0.2) is 0 Å². The highest BCUT2D eigenvalue weighted by molar-refractivity contribution is 6.02. The normalized spacial score (nSPS) is 14.8. The van der Waals surface area contributed by atoms with Gasteiger partial charge < -0.3 is 24.6 Å². The standard InChI is InChI=1S/C23H29N3O3/c1-4-25-13-15-26(16-14-25)20-9-7-19(8-10-20)24-23(27)12-6-18-5-11-21(28-2)22(17-18)29-3/h5-12,17H,4,13-16H2,1-3H3,(H,24,27)/b12-6+. The number of methoxy groups -OCH3 is 2. The fraction of sp³-hybridized carbons (Fsp3) is 0.348. The van der Waals surface area contributed by atoms with Crippen LogP contribution in [0.1, 0.15) is 12.5 Å². The van der Waals surface area contributed by atoms with Gasteiger partial charge in [0, 0.05) is 43.6 Å². The molecule has 1 saturated heterocycles. The van der Waals surface area contributed by atoms with Gasteiger partial charge in [-0.1, -0.05) is 13.0 Å². The Kier molecular flexibility index (Phi) is 7.14. The molecule has 6 heteroatoms. The molecular weight excluding hydrogens is 366 g/mol. The lowest BCUT2D eigenvalue weighted by Crippen LogP contribution is -2.46. The van der Waals surface area contributed by atoms with E-state index in [1.54, 1.807) is 20.3 Å². The zero-order valence-corrected chi connectivity index (χ0v) is 17.4. The first-order valence-corrected chi connectivity index (χ1v) is 9.91. The highest BCUT2D eigenvalue weighted by Gasteiger charge is 2.15. The average molecular weight is 396 g/mol. The van der Waals surface area contributed by atoms with Crippen LogP contribution in [0.4, 0.5) is 11.4 Å². The van der Waals surface area contributed by atoms with E-state index in [-0.39, 0.29) is 5.91 Å². The third-order valence-electron chi connectivity index (χ3n) is 5.15. The Balaban J connectivity index is 1.56. The molecule has 1 fully saturated rings. The molecule has 1 aliphatic heterocycles. The van der Waals surface area contributed by atoms with Crippen molar-refractivity contribution in [1.29, 1.82) is 0 Å². The quantitative estimate of drug-likeness (QED) is 0.728. The first kappa shape index (κ1) is 20.7. The number of ether oxygens (including phenoxy) is 2. The Morgan fingerprint density at radius 2 is 1.69 bits per heavy atom. The van der Waals surface area contributed by atoms with Crippen molar-refractivity contribution in [3.8, 4) is 11.5 Å². The third kappa shape index (κ3) is 5.51. The van der Waals surface area contributed by atoms with Gasteiger partial charge in [0.05, 0.1) is 14.2 Å². The monoisotopic (exact) mass is 395 g/mol. The van der Waals surface area contributed by atoms with Gasteiger partial charge in [-0.2, -0.15) is 0 Å². The maximum atomic E-state index is 12.2. The van der Waals surface area contributed by atoms with E-state index in [4.69, 9.17) is 9.47 Å². The van der Waals surface area contributed by atoms with Gasteiger partial charge in [0.15, 0.2) is 11.5 Å². The molecule has 0 aliphatic carbocycles. The summed E-state index contributed by atoms with van der Waals surface area (Å²) in [6, 6.07) is 13.5. The van der Waals surface area contributed by atoms with E-state index in [9.17, 15) is 4.79 Å². The van der Waals surface area contributed by atoms with Gasteiger partial charge in [-0.15, -0.1) is 0 Å². The molecule has 154 valence electrons. The summed E-state index contributed by atoms with van der Waals surface area (Å²) in [5.74, 6) is 1.11. The smallest absolute Gasteiger partial charge is 0.248 e. The predicted molar refractivity (Wildman–Crippen MR) is 118 cm³/mol. The molecule has 1 amide bonds. The molecule has 2 aromatic rings. The van der Waals surface area contributed by atoms with Crippen LogP contribution < -0.4 is 19.7 Å². The number of hydrogen-bond acceptors (Lipinski definition) is 5. The lowest BCUT2D eigenvalue weighted by Gasteiger charge is -2.35. The Labute approximate surface area is 172 Å². The van der Waals surface area contributed by atoms with Crippen molar-refractivity contribution in [2.75, 3.05) is 57.2 Å². The average Bonchev–Trinajstić information content (AvgIpc) is 2.78. The summed E-state index contributed by atoms with van der Waals surface area (Å²) in [4.78, 5) is 17.1. The van der Waals surface area contributed by atoms with Crippen LogP contribution >= 0.6 is 0 Å². The second-order valence-corrected chi connectivity index (χ2v) is 6.91. The van der Waals surface area contributed by atoms with Gasteiger partial charge in [0.2, 0.25) is 5.91 Å². The van der Waals surface area contributed by atoms with Gasteiger partial charge in [0.25, 0.3) is 0 Å². The number of piperazine rings is 1. The molecule has 0 aromatic heterocycles. The number of hydrogen-bond donors (Lipinski definition) is 1. The Morgan fingerprint density at radius 1 is 1.00 bits per heavy atom. The fourth-order valence-electron chi connectivity index (χ4n) is 3.39. The molecule has 2 aromatic carbocycles. The number of amides is 1. The summed E-state index contributed by atoms with van der Waals surface area (Å²) in [7, 11) is 3.18. The number of carbonyl (C=O) groups excluding carboxylic acids is 1. The first-order chi connectivity index (χ1) is 14.1. The van der Waals surface area contributed by atoms with Crippen molar-refractivity contribution in [2.45, 2.75) is 6.92 Å². The number of carbonyl (C=O) groups is 1. The minimum absolute atomic E-state index is 0.177. The predicted octanol–water partition coefficient (Wildman–Crippen LogP) is 3.50. The summed E-state index contributed by atoms with van der Waals surface area (Å²) in [5.41, 5.74) is 2.84. The van der Waals surface area contributed by atoms with Crippen molar-refractivity contribution in [1.82, 2.24) is 4.90 Å². The maximum absolute atomic E-state index is 12.2. The minimum Gasteiger partial charge on any atom is -0.493 e. The molecule has 1 heterocycles. The molecule has 3 rings (SSSR count). The summed E-state index contributed by atoms with van der Waals surface area (Å²) in [6.45, 7) is 7.56. The summed E-state index contributed by atoms with van der Waals surface area (Å²) in [6.07, 6.45) is 3.26. The van der Waals surface area contributed by atoms with Crippen LogP contribution in [0.2, 0.25) is 0 Å². The highest BCUT2D eigenvalue weighted by Crippen LogP contribution is 2.28. The molecule has 1 N–H and O–H groups in total. The van der Waals surface area contributed by atoms with Crippen molar-refractivity contribution in [3.63, 3.8) is 0 Å². The van der Waals surface area contributed by atoms with Crippen molar-refractivity contribution >= 4 is 23.4 Å². The van der Waals surface area contributed by atoms with Crippen LogP contribution in [0.3, 0.4) is 0 Å². The number of likely N-dealkylation sites (N-methyl/N-ethyl adjacent to an activating group) is 1. The summed E-state index contributed by atoms with van der Waals surface area (Å²) < 4.78 is 10.5. The summed E-state index contributed by atoms with van der Waals surface area (Å²) >= 11 is 0. The van der Waals surface area contributed by atoms with E-state index in [1.807, 2.05) is 30.3 Å². The fourth-order valence-corrected chi connectivity index (χ4v) is 3.39. The Bertz CT molecular complexity index is 841. The SMILES string of the molecule is CCN1CCN(c2ccc(NC(=O)/C=C/c3ccc(OC)c(OC)c3)cc2)CC1. The molecule has 0 atom stereocenters. The van der Waals surface area contributed by atoms with E-state index >= 15 is 0 Å². The molecule has 1 aliphatic rings. The van der Waals surface area contributed by atoms with Crippen molar-refractivity contribution in [3.05, 3.63) is 54.1 Å². The van der Waals surface area contributed by atoms with Gasteiger partial charge in [-0.3, -0.25) is 4.79 Å². The molecule has 0 bridgehead atoms. The number of rotatable bonds is 7. The van der Waals surface area contributed by atoms with Gasteiger partial charge in [-0.05, 0) is 54.6 Å². The van der Waals surface area contributed by atoms with Crippen LogP contribution in [0.25, 0.3) is 6.08 Å². The van der Waals surface area contributed by atoms with E-state index in [2.05, 4.69) is 34.2 Å². The van der Waals surface area contributed by atoms with Gasteiger partial charge in [0.1, 0.15) is 0 Å². The number of nitrogens with one attached hydrogen (secondary N) is 1. The molecule has 6 nitrogen and oxygen atoms in total. The lowest BCUT2D eigenvalue weighted by molar-refractivity contribution is -0.111. The van der Waals surface area contributed by atoms with Crippen LogP contribution in [-0.4, -0.2) is 57.8 Å². The topological polar surface area (TPSA) is 54.0 Å². The zero-order chi connectivity index (χ0) is 20.6. The largest absolute Gasteiger partial charge is 0.493 e. The Morgan fingerprint density at radius 3 is 2.31 bits per heavy atom. The van der Waals surface area contributed by atoms with Crippen LogP contribution in [0, 0.1) is 0 Å². The molecule has 29 heavy (non-hydrogen) atoms. The first-order valence-electron chi connectivity index (χ1n) is 9.91. The van der Waals surface area contributed by atoms with Crippen molar-refractivity contribution in [2.24, 2.45) is 0 Å². The molecule has 0 radical (unpaired) electrons. The second kappa shape index (κ2) is 9.98. The molecule has 0 saturated carbocycles. The van der Waals surface area contributed by atoms with Crippen molar-refractivity contribution < 1.29 is 14.3 Å². The number of nitrogens with zero attached hydrogens (tertiary/aromatic N) is 2. The number of anilines is 2. The maximum Gasteiger partial charge on any atom is 0.248 e. The van der Waals surface area contributed by atoms with Gasteiger partial charge >= 0.3 is 0 Å². The highest BCUT2D eigenvalue weighted by atomic mass is 16.5. The minimum atomic E-state index is -0.177. The molecule has 0 spiro atoms. The lowest BCUT2D eigenvalue weighted by atomic mass is 10.2. The van der Waals surface area contributed by atoms with E-state index in [0.717, 1.165) is 44.0 Å². The zero-order valence-electron chi connectivity index (χ0n) is 17.4. The van der Waals surface area contributed by atoms with Crippen LogP contribution in [-0.2, 0) is 4.79 Å². The molecular formula is C23H29N3O3. The summed E-state index contributed by atoms with van der Waals surface area (Å²) in [5, 5.41) is 2.90. The van der Waals surface area contributed by atoms with E-state index in [0.29, 0.717) is 11.5 Å². The number of benzene rings is 2. The van der Waals surface area contributed by atoms with E-state index in [1.165, 1.54) is 11.8 Å². The van der Waals surface area contributed by atoms with E-state index < -0.39 is 0 Å². The molecule has 0 unspecified atom stereocenters. The van der Waals surface area contributed by atoms with Crippen LogP contribution in [0.5, 0.6) is 11.5 Å². The second-order valence-electron chi connectivity index (χ2n) is 6.91. The van der Waals surface area contributed by atoms with Crippen LogP contribution in [0.15, 0.2) is 48.5 Å². The Hall–Kier alpha value is -2.99.